The van der Waals surface area contributed by atoms with Crippen LogP contribution in [0.3, 0.4) is 0 Å². The molecule has 2 aromatic rings. The van der Waals surface area contributed by atoms with E-state index in [1.807, 2.05) is 0 Å². The number of cyclic esters (lactones) is 1. The second-order valence-corrected chi connectivity index (χ2v) is 16.5. The van der Waals surface area contributed by atoms with Crippen molar-refractivity contribution in [2.75, 3.05) is 7.11 Å². The summed E-state index contributed by atoms with van der Waals surface area (Å²) >= 11 is 0. The number of Topliss-reactive ketones (excluding diaryl/α,β-unsaturated/α-hetero) is 1. The third-order valence-corrected chi connectivity index (χ3v) is 12.6. The first kappa shape index (κ1) is 42.2. The standard InChI is InChI=1S/C41H47NO16/c1-19(2)32(46)55-27-29(57-33(47)23-12-11-14-42-17-23)37(6,7)25(16-26(45)51-10)38(8)30(27)58-41-20(3)40(50,35(38)49)36(54-22(5)44)39(41,9)28(24-13-15-52-18-24)56-34(48)31(41)53-21(4)43/h11-15,17-19,25,27-31,36,50H,3,16H2,1-2,4-10H3/t25-,27-,28-,29+,30-,31+,36+,38+,39+,40+,41+/m0/s1. The first-order valence-electron chi connectivity index (χ1n) is 18.7. The number of carbonyl (C=O) groups is 7. The highest BCUT2D eigenvalue weighted by Gasteiger charge is 2.88. The number of fused-ring (bicyclic) bond motifs is 2. The van der Waals surface area contributed by atoms with Crippen molar-refractivity contribution in [3.63, 3.8) is 0 Å². The van der Waals surface area contributed by atoms with Gasteiger partial charge in [0.2, 0.25) is 6.10 Å². The number of aromatic nitrogens is 1. The number of aliphatic hydroxyl groups is 1. The smallest absolute Gasteiger partial charge is 0.351 e. The lowest BCUT2D eigenvalue weighted by Crippen LogP contribution is -2.76. The second kappa shape index (κ2) is 14.4. The molecule has 0 radical (unpaired) electrons. The number of methoxy groups -OCH3 is 1. The van der Waals surface area contributed by atoms with Crippen LogP contribution in [-0.2, 0) is 61.9 Å². The van der Waals surface area contributed by atoms with Gasteiger partial charge in [0.15, 0.2) is 29.2 Å². The fourth-order valence-corrected chi connectivity index (χ4v) is 9.84. The lowest BCUT2D eigenvalue weighted by Gasteiger charge is -2.62. The maximum atomic E-state index is 16.0. The van der Waals surface area contributed by atoms with Gasteiger partial charge in [-0.2, -0.15) is 0 Å². The number of furan rings is 1. The van der Waals surface area contributed by atoms with Crippen molar-refractivity contribution in [1.82, 2.24) is 4.98 Å². The molecule has 1 N–H and O–H groups in total. The summed E-state index contributed by atoms with van der Waals surface area (Å²) in [5.41, 5.74) is -11.8. The largest absolute Gasteiger partial charge is 0.472 e. The van der Waals surface area contributed by atoms with Crippen LogP contribution in [-0.4, -0.2) is 101 Å². The lowest BCUT2D eigenvalue weighted by atomic mass is 9.48. The van der Waals surface area contributed by atoms with Crippen molar-refractivity contribution >= 4 is 41.6 Å². The van der Waals surface area contributed by atoms with Gasteiger partial charge < -0.3 is 42.7 Å². The molecule has 17 nitrogen and oxygen atoms in total. The molecule has 0 unspecified atom stereocenters. The van der Waals surface area contributed by atoms with E-state index in [2.05, 4.69) is 11.6 Å². The predicted octanol–water partition coefficient (Wildman–Crippen LogP) is 3.17. The van der Waals surface area contributed by atoms with Crippen LogP contribution in [0.1, 0.15) is 83.8 Å². The lowest BCUT2D eigenvalue weighted by molar-refractivity contribution is -0.319. The zero-order valence-corrected chi connectivity index (χ0v) is 33.6. The van der Waals surface area contributed by atoms with Gasteiger partial charge in [0.1, 0.15) is 18.3 Å². The summed E-state index contributed by atoms with van der Waals surface area (Å²) in [5.74, 6) is -9.00. The van der Waals surface area contributed by atoms with Gasteiger partial charge in [-0.25, -0.2) is 9.59 Å². The number of ether oxygens (including phenoxy) is 7. The number of hydrogen-bond acceptors (Lipinski definition) is 17. The van der Waals surface area contributed by atoms with Gasteiger partial charge in [-0.05, 0) is 38.0 Å². The van der Waals surface area contributed by atoms with Gasteiger partial charge in [0, 0.05) is 42.8 Å². The maximum absolute atomic E-state index is 16.0. The van der Waals surface area contributed by atoms with E-state index in [9.17, 15) is 33.9 Å². The molecule has 1 spiro atoms. The van der Waals surface area contributed by atoms with Crippen LogP contribution in [0.5, 0.6) is 0 Å². The Morgan fingerprint density at radius 1 is 0.983 bits per heavy atom. The van der Waals surface area contributed by atoms with E-state index in [4.69, 9.17) is 37.6 Å². The Labute approximate surface area is 333 Å². The van der Waals surface area contributed by atoms with Gasteiger partial charge in [-0.1, -0.05) is 34.3 Å². The molecular formula is C41H47NO16. The highest BCUT2D eigenvalue weighted by atomic mass is 16.7. The summed E-state index contributed by atoms with van der Waals surface area (Å²) in [6.07, 6.45) is -6.22. The number of esters is 6. The minimum Gasteiger partial charge on any atom is -0.472 e. The fraction of sp³-hybridized carbons (Fsp3) is 0.561. The van der Waals surface area contributed by atoms with E-state index in [0.717, 1.165) is 21.0 Å². The van der Waals surface area contributed by atoms with Crippen LogP contribution in [0.15, 0.2) is 59.7 Å². The second-order valence-electron chi connectivity index (χ2n) is 16.5. The van der Waals surface area contributed by atoms with Crippen molar-refractivity contribution in [1.29, 1.82) is 0 Å². The number of nitrogens with zero attached hydrogens (tertiary/aromatic N) is 1. The van der Waals surface area contributed by atoms with Gasteiger partial charge in [0.05, 0.1) is 48.4 Å². The molecule has 17 heteroatoms. The number of pyridine rings is 1. The average molecular weight is 810 g/mol. The third kappa shape index (κ3) is 5.87. The molecule has 2 aliphatic carbocycles. The molecule has 0 aromatic carbocycles. The van der Waals surface area contributed by atoms with E-state index in [-0.39, 0.29) is 11.1 Å². The topological polar surface area (TPSA) is 230 Å². The Morgan fingerprint density at radius 2 is 1.66 bits per heavy atom. The molecule has 312 valence electrons. The maximum Gasteiger partial charge on any atom is 0.351 e. The minimum absolute atomic E-state index is 0.00740. The Hall–Kier alpha value is -5.42. The molecular weight excluding hydrogens is 762 g/mol. The van der Waals surface area contributed by atoms with Crippen LogP contribution in [0.4, 0.5) is 0 Å². The van der Waals surface area contributed by atoms with E-state index in [1.54, 1.807) is 27.7 Å². The first-order valence-corrected chi connectivity index (χ1v) is 18.7. The van der Waals surface area contributed by atoms with E-state index in [0.29, 0.717) is 0 Å². The fourth-order valence-electron chi connectivity index (χ4n) is 9.84. The Bertz CT molecular complexity index is 2040. The van der Waals surface area contributed by atoms with Crippen molar-refractivity contribution in [2.45, 2.75) is 110 Å². The van der Waals surface area contributed by atoms with Crippen LogP contribution >= 0.6 is 0 Å². The summed E-state index contributed by atoms with van der Waals surface area (Å²) in [5, 5.41) is 13.3. The number of rotatable bonds is 9. The quantitative estimate of drug-likeness (QED) is 0.218. The van der Waals surface area contributed by atoms with E-state index in [1.165, 1.54) is 57.0 Å². The highest BCUT2D eigenvalue weighted by molar-refractivity contribution is 6.01. The summed E-state index contributed by atoms with van der Waals surface area (Å²) in [6.45, 7) is 15.2. The first-order chi connectivity index (χ1) is 27.1. The predicted molar refractivity (Wildman–Crippen MR) is 194 cm³/mol. The molecule has 58 heavy (non-hydrogen) atoms. The Balaban J connectivity index is 1.73. The normalized spacial score (nSPS) is 36.1. The molecule has 11 atom stereocenters. The summed E-state index contributed by atoms with van der Waals surface area (Å²) in [6, 6.07) is 4.37. The van der Waals surface area contributed by atoms with Crippen LogP contribution < -0.4 is 0 Å². The van der Waals surface area contributed by atoms with Crippen molar-refractivity contribution in [3.05, 3.63) is 66.4 Å². The highest BCUT2D eigenvalue weighted by Crippen LogP contribution is 2.72. The molecule has 0 amide bonds. The Morgan fingerprint density at radius 3 is 2.21 bits per heavy atom. The van der Waals surface area contributed by atoms with E-state index >= 15 is 4.79 Å². The average Bonchev–Trinajstić information content (AvgIpc) is 3.74. The molecule has 2 saturated heterocycles. The molecule has 2 bridgehead atoms. The van der Waals surface area contributed by atoms with Gasteiger partial charge in [0.25, 0.3) is 0 Å². The molecule has 4 aliphatic rings. The van der Waals surface area contributed by atoms with E-state index < -0.39 is 129 Å². The molecule has 2 aliphatic heterocycles. The van der Waals surface area contributed by atoms with Crippen molar-refractivity contribution in [2.24, 2.45) is 28.1 Å². The zero-order valence-electron chi connectivity index (χ0n) is 33.6. The molecule has 2 saturated carbocycles. The zero-order chi connectivity index (χ0) is 42.9. The van der Waals surface area contributed by atoms with Crippen LogP contribution in [0, 0.1) is 28.1 Å². The van der Waals surface area contributed by atoms with Gasteiger partial charge in [-0.15, -0.1) is 0 Å². The Kier molecular flexibility index (Phi) is 10.5. The third-order valence-electron chi connectivity index (χ3n) is 12.6. The summed E-state index contributed by atoms with van der Waals surface area (Å²) < 4.78 is 47.6. The molecule has 6 rings (SSSR count). The SMILES string of the molecule is C=C1[C@@]2(O)C(=O)[C@@]3(C)[C@@H](O[C@@]14[C@H](OC(C)=O)C(=O)O[C@@H](c1ccoc1)[C@]4(C)[C@H]2OC(C)=O)[C@@H](OC(=O)C(C)C)[C@@H](OC(=O)c1cccnc1)C(C)(C)[C@@H]3CC(=O)OC. The molecule has 4 fully saturated rings. The van der Waals surface area contributed by atoms with Crippen LogP contribution in [0.25, 0.3) is 0 Å². The van der Waals surface area contributed by atoms with Crippen LogP contribution in [0.2, 0.25) is 0 Å². The number of carbonyl (C=O) groups excluding carboxylic acids is 7. The summed E-state index contributed by atoms with van der Waals surface area (Å²) in [7, 11) is 1.13. The van der Waals surface area contributed by atoms with Gasteiger partial charge in [-0.3, -0.25) is 29.0 Å². The molecule has 4 heterocycles. The molecule has 2 aromatic heterocycles. The summed E-state index contributed by atoms with van der Waals surface area (Å²) in [4.78, 5) is 101. The number of hydrogen-bond donors (Lipinski definition) is 1. The minimum atomic E-state index is -3.01. The van der Waals surface area contributed by atoms with Gasteiger partial charge >= 0.3 is 35.8 Å². The van der Waals surface area contributed by atoms with Crippen molar-refractivity contribution < 1.29 is 76.2 Å². The monoisotopic (exact) mass is 809 g/mol. The van der Waals surface area contributed by atoms with Crippen molar-refractivity contribution in [3.8, 4) is 0 Å². The number of ketones is 1.